The molecule has 0 heterocycles. The Hall–Kier alpha value is -3.02. The fraction of sp³-hybridized carbons (Fsp3) is 0.263. The second-order valence-corrected chi connectivity index (χ2v) is 5.52. The molecule has 0 aliphatic carbocycles. The molecule has 6 heteroatoms. The molecule has 25 heavy (non-hydrogen) atoms. The van der Waals surface area contributed by atoms with Gasteiger partial charge >= 0.3 is 0 Å². The highest BCUT2D eigenvalue weighted by atomic mass is 16.5. The van der Waals surface area contributed by atoms with Crippen molar-refractivity contribution in [3.05, 3.63) is 59.7 Å². The van der Waals surface area contributed by atoms with Crippen LogP contribution in [0.25, 0.3) is 0 Å². The SMILES string of the molecule is COc1cc(C)ccc1OCC(=O)NNC(=O)CCc1ccccc1. The zero-order valence-electron chi connectivity index (χ0n) is 14.4. The first-order valence-corrected chi connectivity index (χ1v) is 7.97. The van der Waals surface area contributed by atoms with Gasteiger partial charge in [0.15, 0.2) is 18.1 Å². The molecule has 132 valence electrons. The summed E-state index contributed by atoms with van der Waals surface area (Å²) in [6.45, 7) is 1.71. The van der Waals surface area contributed by atoms with Crippen molar-refractivity contribution < 1.29 is 19.1 Å². The molecule has 0 atom stereocenters. The monoisotopic (exact) mass is 342 g/mol. The topological polar surface area (TPSA) is 76.7 Å². The maximum absolute atomic E-state index is 11.8. The van der Waals surface area contributed by atoms with Gasteiger partial charge in [-0.25, -0.2) is 0 Å². The number of carbonyl (C=O) groups is 2. The molecule has 0 aromatic heterocycles. The molecule has 2 N–H and O–H groups in total. The average molecular weight is 342 g/mol. The lowest BCUT2D eigenvalue weighted by Gasteiger charge is -2.12. The molecule has 2 amide bonds. The van der Waals surface area contributed by atoms with E-state index in [0.29, 0.717) is 17.9 Å². The van der Waals surface area contributed by atoms with Crippen molar-refractivity contribution in [2.24, 2.45) is 0 Å². The van der Waals surface area contributed by atoms with Gasteiger partial charge in [-0.1, -0.05) is 36.4 Å². The van der Waals surface area contributed by atoms with Crippen molar-refractivity contribution in [2.75, 3.05) is 13.7 Å². The predicted octanol–water partition coefficient (Wildman–Crippen LogP) is 2.16. The highest BCUT2D eigenvalue weighted by molar-refractivity contribution is 5.82. The molecule has 0 spiro atoms. The number of amides is 2. The Balaban J connectivity index is 1.71. The Kier molecular flexibility index (Phi) is 6.83. The lowest BCUT2D eigenvalue weighted by atomic mass is 10.1. The molecule has 0 saturated carbocycles. The molecule has 0 unspecified atom stereocenters. The molecule has 6 nitrogen and oxygen atoms in total. The highest BCUT2D eigenvalue weighted by Crippen LogP contribution is 2.27. The van der Waals surface area contributed by atoms with Crippen LogP contribution in [0.1, 0.15) is 17.5 Å². The number of hydrogen-bond acceptors (Lipinski definition) is 4. The first kappa shape index (κ1) is 18.3. The van der Waals surface area contributed by atoms with Crippen molar-refractivity contribution in [1.82, 2.24) is 10.9 Å². The average Bonchev–Trinajstić information content (AvgIpc) is 2.64. The third kappa shape index (κ3) is 6.18. The number of ether oxygens (including phenoxy) is 2. The largest absolute Gasteiger partial charge is 0.493 e. The Morgan fingerprint density at radius 3 is 2.40 bits per heavy atom. The van der Waals surface area contributed by atoms with Crippen LogP contribution in [-0.4, -0.2) is 25.5 Å². The van der Waals surface area contributed by atoms with E-state index in [9.17, 15) is 9.59 Å². The second kappa shape index (κ2) is 9.32. The zero-order chi connectivity index (χ0) is 18.1. The summed E-state index contributed by atoms with van der Waals surface area (Å²) in [4.78, 5) is 23.5. The lowest BCUT2D eigenvalue weighted by Crippen LogP contribution is -2.43. The third-order valence-corrected chi connectivity index (χ3v) is 3.50. The first-order valence-electron chi connectivity index (χ1n) is 7.97. The molecule has 2 aromatic rings. The standard InChI is InChI=1S/C19H22N2O4/c1-14-8-10-16(17(12-14)24-2)25-13-19(23)21-20-18(22)11-9-15-6-4-3-5-7-15/h3-8,10,12H,9,11,13H2,1-2H3,(H,20,22)(H,21,23). The van der Waals surface area contributed by atoms with Crippen molar-refractivity contribution >= 4 is 11.8 Å². The Bertz CT molecular complexity index is 717. The van der Waals surface area contributed by atoms with E-state index >= 15 is 0 Å². The van der Waals surface area contributed by atoms with E-state index in [1.54, 1.807) is 6.07 Å². The van der Waals surface area contributed by atoms with Gasteiger partial charge in [-0.15, -0.1) is 0 Å². The summed E-state index contributed by atoms with van der Waals surface area (Å²) in [6, 6.07) is 15.1. The van der Waals surface area contributed by atoms with Gasteiger partial charge in [0.2, 0.25) is 5.91 Å². The Labute approximate surface area is 147 Å². The number of methoxy groups -OCH3 is 1. The molecule has 2 rings (SSSR count). The van der Waals surface area contributed by atoms with Crippen LogP contribution < -0.4 is 20.3 Å². The molecular formula is C19H22N2O4. The number of hydrogen-bond donors (Lipinski definition) is 2. The van der Waals surface area contributed by atoms with E-state index in [-0.39, 0.29) is 18.9 Å². The summed E-state index contributed by atoms with van der Waals surface area (Å²) in [5.41, 5.74) is 6.81. The summed E-state index contributed by atoms with van der Waals surface area (Å²) in [6.07, 6.45) is 0.899. The summed E-state index contributed by atoms with van der Waals surface area (Å²) in [7, 11) is 1.54. The predicted molar refractivity (Wildman–Crippen MR) is 94.3 cm³/mol. The summed E-state index contributed by atoms with van der Waals surface area (Å²) >= 11 is 0. The first-order chi connectivity index (χ1) is 12.1. The van der Waals surface area contributed by atoms with Crippen molar-refractivity contribution in [2.45, 2.75) is 19.8 Å². The minimum atomic E-state index is -0.448. The number of aryl methyl sites for hydroxylation is 2. The molecule has 0 aliphatic heterocycles. The number of nitrogens with one attached hydrogen (secondary N) is 2. The summed E-state index contributed by atoms with van der Waals surface area (Å²) < 4.78 is 10.6. The molecule has 0 fully saturated rings. The van der Waals surface area contributed by atoms with Crippen LogP contribution in [0.3, 0.4) is 0 Å². The smallest absolute Gasteiger partial charge is 0.276 e. The van der Waals surface area contributed by atoms with Gasteiger partial charge in [0.25, 0.3) is 5.91 Å². The highest BCUT2D eigenvalue weighted by Gasteiger charge is 2.09. The van der Waals surface area contributed by atoms with Gasteiger partial charge in [0.1, 0.15) is 0 Å². The van der Waals surface area contributed by atoms with Crippen molar-refractivity contribution in [1.29, 1.82) is 0 Å². The van der Waals surface area contributed by atoms with Gasteiger partial charge in [0.05, 0.1) is 7.11 Å². The fourth-order valence-corrected chi connectivity index (χ4v) is 2.18. The maximum Gasteiger partial charge on any atom is 0.276 e. The molecular weight excluding hydrogens is 320 g/mol. The van der Waals surface area contributed by atoms with E-state index in [4.69, 9.17) is 9.47 Å². The van der Waals surface area contributed by atoms with E-state index in [1.807, 2.05) is 49.4 Å². The maximum atomic E-state index is 11.8. The minimum Gasteiger partial charge on any atom is -0.493 e. The summed E-state index contributed by atoms with van der Waals surface area (Å²) in [5, 5.41) is 0. The second-order valence-electron chi connectivity index (χ2n) is 5.52. The van der Waals surface area contributed by atoms with Gasteiger partial charge in [-0.05, 0) is 36.6 Å². The van der Waals surface area contributed by atoms with Crippen LogP contribution in [-0.2, 0) is 16.0 Å². The Morgan fingerprint density at radius 2 is 1.68 bits per heavy atom. The van der Waals surface area contributed by atoms with E-state index in [2.05, 4.69) is 10.9 Å². The molecule has 0 saturated heterocycles. The third-order valence-electron chi connectivity index (χ3n) is 3.50. The van der Waals surface area contributed by atoms with E-state index < -0.39 is 5.91 Å². The number of benzene rings is 2. The number of rotatable bonds is 7. The van der Waals surface area contributed by atoms with E-state index in [0.717, 1.165) is 11.1 Å². The van der Waals surface area contributed by atoms with Crippen LogP contribution in [0.4, 0.5) is 0 Å². The molecule has 2 aromatic carbocycles. The van der Waals surface area contributed by atoms with Crippen molar-refractivity contribution in [3.63, 3.8) is 0 Å². The lowest BCUT2D eigenvalue weighted by molar-refractivity contribution is -0.130. The quantitative estimate of drug-likeness (QED) is 0.756. The van der Waals surface area contributed by atoms with Gasteiger partial charge in [0, 0.05) is 6.42 Å². The van der Waals surface area contributed by atoms with Gasteiger partial charge in [-0.3, -0.25) is 20.4 Å². The van der Waals surface area contributed by atoms with Crippen LogP contribution in [0.2, 0.25) is 0 Å². The van der Waals surface area contributed by atoms with Crippen LogP contribution in [0, 0.1) is 6.92 Å². The zero-order valence-corrected chi connectivity index (χ0v) is 14.4. The summed E-state index contributed by atoms with van der Waals surface area (Å²) in [5.74, 6) is 0.319. The van der Waals surface area contributed by atoms with Gasteiger partial charge < -0.3 is 9.47 Å². The van der Waals surface area contributed by atoms with Crippen LogP contribution in [0.15, 0.2) is 48.5 Å². The Morgan fingerprint density at radius 1 is 0.960 bits per heavy atom. The molecule has 0 radical (unpaired) electrons. The van der Waals surface area contributed by atoms with Crippen LogP contribution >= 0.6 is 0 Å². The number of carbonyl (C=O) groups excluding carboxylic acids is 2. The van der Waals surface area contributed by atoms with E-state index in [1.165, 1.54) is 7.11 Å². The normalized spacial score (nSPS) is 10.0. The minimum absolute atomic E-state index is 0.224. The molecule has 0 bridgehead atoms. The van der Waals surface area contributed by atoms with Crippen LogP contribution in [0.5, 0.6) is 11.5 Å². The number of hydrazine groups is 1. The van der Waals surface area contributed by atoms with Crippen molar-refractivity contribution in [3.8, 4) is 11.5 Å². The fourth-order valence-electron chi connectivity index (χ4n) is 2.18. The molecule has 0 aliphatic rings. The van der Waals surface area contributed by atoms with Gasteiger partial charge in [-0.2, -0.15) is 0 Å².